The number of para-hydroxylation sites is 1. The zero-order chi connectivity index (χ0) is 30.9. The van der Waals surface area contributed by atoms with Crippen LogP contribution < -0.4 is 15.0 Å². The van der Waals surface area contributed by atoms with Crippen molar-refractivity contribution in [1.29, 1.82) is 0 Å². The summed E-state index contributed by atoms with van der Waals surface area (Å²) >= 11 is 9.86. The average molecular weight is 679 g/mol. The highest BCUT2D eigenvalue weighted by molar-refractivity contribution is 9.10. The fourth-order valence-electron chi connectivity index (χ4n) is 5.24. The highest BCUT2D eigenvalue weighted by Crippen LogP contribution is 2.35. The van der Waals surface area contributed by atoms with E-state index in [2.05, 4.69) is 45.3 Å². The fourth-order valence-corrected chi connectivity index (χ4v) is 5.84. The summed E-state index contributed by atoms with van der Waals surface area (Å²) in [6.07, 6.45) is 1.59. The van der Waals surface area contributed by atoms with Gasteiger partial charge in [0.2, 0.25) is 5.82 Å². The molecule has 0 unspecified atom stereocenters. The molecule has 0 aliphatic heterocycles. The van der Waals surface area contributed by atoms with Crippen molar-refractivity contribution in [2.24, 2.45) is 5.10 Å². The van der Waals surface area contributed by atoms with E-state index in [1.807, 2.05) is 43.3 Å². The second-order valence-electron chi connectivity index (χ2n) is 10.3. The molecule has 0 radical (unpaired) electrons. The molecule has 0 atom stereocenters. The average Bonchev–Trinajstić information content (AvgIpc) is 3.48. The summed E-state index contributed by atoms with van der Waals surface area (Å²) < 4.78 is 20.3. The topological polar surface area (TPSA) is 78.9 Å². The fraction of sp³-hybridized carbons (Fsp3) is 0.0833. The summed E-state index contributed by atoms with van der Waals surface area (Å²) in [6.45, 7) is 2.72. The lowest BCUT2D eigenvalue weighted by Crippen LogP contribution is -2.20. The summed E-state index contributed by atoms with van der Waals surface area (Å²) in [7, 11) is 0. The van der Waals surface area contributed by atoms with Gasteiger partial charge < -0.3 is 13.9 Å². The Morgan fingerprint density at radius 2 is 1.67 bits per heavy atom. The molecule has 0 spiro atoms. The first-order valence-electron chi connectivity index (χ1n) is 14.3. The molecular formula is C36H25BrClN3O4. The first-order valence-corrected chi connectivity index (χ1v) is 15.5. The molecule has 7 nitrogen and oxygen atoms in total. The number of hydrogen-bond acceptors (Lipinski definition) is 6. The van der Waals surface area contributed by atoms with E-state index in [0.717, 1.165) is 21.7 Å². The SMILES string of the molecule is CCOc1cc(C=Nn2c(-c3cc4cc(Cl)ccc4o3)nc3ccccc3c2=O)c(Br)cc1OCc1cccc2ccccc12. The Balaban J connectivity index is 1.27. The molecule has 0 fully saturated rings. The maximum atomic E-state index is 13.7. The van der Waals surface area contributed by atoms with Crippen LogP contribution in [-0.2, 0) is 6.61 Å². The molecule has 0 aliphatic rings. The highest BCUT2D eigenvalue weighted by Gasteiger charge is 2.17. The predicted molar refractivity (Wildman–Crippen MR) is 183 cm³/mol. The first-order chi connectivity index (χ1) is 22.0. The Bertz CT molecular complexity index is 2310. The second-order valence-corrected chi connectivity index (χ2v) is 11.6. The van der Waals surface area contributed by atoms with Crippen LogP contribution in [0, 0.1) is 0 Å². The molecule has 0 bridgehead atoms. The standard InChI is InChI=1S/C36H25BrClN3O4/c1-2-43-32-18-25(29(37)19-33(32)44-21-23-10-7-9-22-8-3-4-11-27(22)23)20-39-41-35(40-30-13-6-5-12-28(30)36(41)42)34-17-24-16-26(38)14-15-31(24)45-34/h3-20H,2,21H2,1H3. The van der Waals surface area contributed by atoms with Gasteiger partial charge in [-0.1, -0.05) is 66.2 Å². The maximum Gasteiger partial charge on any atom is 0.282 e. The Hall–Kier alpha value is -4.92. The summed E-state index contributed by atoms with van der Waals surface area (Å²) in [5, 5.41) is 8.71. The lowest BCUT2D eigenvalue weighted by molar-refractivity contribution is 0.270. The molecule has 0 saturated heterocycles. The van der Waals surface area contributed by atoms with Gasteiger partial charge in [0, 0.05) is 20.4 Å². The van der Waals surface area contributed by atoms with Gasteiger partial charge in [-0.15, -0.1) is 0 Å². The van der Waals surface area contributed by atoms with Crippen molar-refractivity contribution in [2.45, 2.75) is 13.5 Å². The van der Waals surface area contributed by atoms with Crippen LogP contribution in [0.4, 0.5) is 0 Å². The van der Waals surface area contributed by atoms with Crippen molar-refractivity contribution in [3.8, 4) is 23.1 Å². The van der Waals surface area contributed by atoms with Gasteiger partial charge in [-0.2, -0.15) is 9.78 Å². The van der Waals surface area contributed by atoms with E-state index in [9.17, 15) is 4.79 Å². The molecular weight excluding hydrogens is 654 g/mol. The molecule has 7 rings (SSSR count). The largest absolute Gasteiger partial charge is 0.490 e. The van der Waals surface area contributed by atoms with Crippen molar-refractivity contribution in [1.82, 2.24) is 9.66 Å². The van der Waals surface area contributed by atoms with Crippen LogP contribution in [0.25, 0.3) is 44.2 Å². The van der Waals surface area contributed by atoms with Crippen molar-refractivity contribution < 1.29 is 13.9 Å². The second kappa shape index (κ2) is 12.2. The smallest absolute Gasteiger partial charge is 0.282 e. The van der Waals surface area contributed by atoms with Crippen molar-refractivity contribution >= 4 is 66.4 Å². The number of hydrogen-bond donors (Lipinski definition) is 0. The lowest BCUT2D eigenvalue weighted by atomic mass is 10.1. The van der Waals surface area contributed by atoms with Crippen molar-refractivity contribution in [3.05, 3.63) is 134 Å². The van der Waals surface area contributed by atoms with Crippen LogP contribution >= 0.6 is 27.5 Å². The monoisotopic (exact) mass is 677 g/mol. The van der Waals surface area contributed by atoms with Gasteiger partial charge in [0.1, 0.15) is 12.2 Å². The van der Waals surface area contributed by atoms with Crippen molar-refractivity contribution in [3.63, 3.8) is 0 Å². The van der Waals surface area contributed by atoms with E-state index < -0.39 is 0 Å². The van der Waals surface area contributed by atoms with Gasteiger partial charge in [0.05, 0.1) is 23.7 Å². The summed E-state index contributed by atoms with van der Waals surface area (Å²) in [6, 6.07) is 32.3. The number of furan rings is 1. The van der Waals surface area contributed by atoms with Crippen LogP contribution in [0.5, 0.6) is 11.5 Å². The molecule has 2 heterocycles. The normalized spacial score (nSPS) is 11.6. The quantitative estimate of drug-likeness (QED) is 0.150. The number of aromatic nitrogens is 2. The molecule has 222 valence electrons. The molecule has 45 heavy (non-hydrogen) atoms. The van der Waals surface area contributed by atoms with Crippen LogP contribution in [-0.4, -0.2) is 22.5 Å². The van der Waals surface area contributed by atoms with Crippen LogP contribution in [0.3, 0.4) is 0 Å². The van der Waals surface area contributed by atoms with Gasteiger partial charge in [-0.25, -0.2) is 4.98 Å². The molecule has 0 aliphatic carbocycles. The number of nitrogens with zero attached hydrogens (tertiary/aromatic N) is 3. The molecule has 0 saturated carbocycles. The minimum absolute atomic E-state index is 0.262. The third kappa shape index (κ3) is 5.70. The minimum atomic E-state index is -0.332. The predicted octanol–water partition coefficient (Wildman–Crippen LogP) is 9.24. The highest BCUT2D eigenvalue weighted by atomic mass is 79.9. The van der Waals surface area contributed by atoms with E-state index >= 15 is 0 Å². The molecule has 0 amide bonds. The lowest BCUT2D eigenvalue weighted by Gasteiger charge is -2.15. The summed E-state index contributed by atoms with van der Waals surface area (Å²) in [5.74, 6) is 1.79. The van der Waals surface area contributed by atoms with Gasteiger partial charge in [-0.3, -0.25) is 4.79 Å². The first kappa shape index (κ1) is 28.8. The Morgan fingerprint density at radius 1 is 0.889 bits per heavy atom. The number of halogens is 2. The Kier molecular flexibility index (Phi) is 7.83. The van der Waals surface area contributed by atoms with Crippen LogP contribution in [0.15, 0.2) is 122 Å². The third-order valence-corrected chi connectivity index (χ3v) is 8.31. The van der Waals surface area contributed by atoms with Crippen LogP contribution in [0.2, 0.25) is 5.02 Å². The number of fused-ring (bicyclic) bond motifs is 3. The molecule has 7 aromatic rings. The van der Waals surface area contributed by atoms with E-state index in [0.29, 0.717) is 62.0 Å². The zero-order valence-electron chi connectivity index (χ0n) is 24.0. The molecule has 0 N–H and O–H groups in total. The third-order valence-electron chi connectivity index (χ3n) is 7.39. The van der Waals surface area contributed by atoms with Crippen molar-refractivity contribution in [2.75, 3.05) is 6.61 Å². The number of benzene rings is 5. The van der Waals surface area contributed by atoms with Crippen LogP contribution in [0.1, 0.15) is 18.1 Å². The summed E-state index contributed by atoms with van der Waals surface area (Å²) in [5.41, 5.74) is 2.58. The Labute approximate surface area is 271 Å². The zero-order valence-corrected chi connectivity index (χ0v) is 26.4. The minimum Gasteiger partial charge on any atom is -0.490 e. The van der Waals surface area contributed by atoms with Gasteiger partial charge in [0.25, 0.3) is 5.56 Å². The maximum absolute atomic E-state index is 13.7. The van der Waals surface area contributed by atoms with E-state index in [-0.39, 0.29) is 11.4 Å². The van der Waals surface area contributed by atoms with E-state index in [1.54, 1.807) is 48.7 Å². The number of ether oxygens (including phenoxy) is 2. The van der Waals surface area contributed by atoms with Gasteiger partial charge >= 0.3 is 0 Å². The van der Waals surface area contributed by atoms with E-state index in [4.69, 9.17) is 30.5 Å². The van der Waals surface area contributed by atoms with Gasteiger partial charge in [-0.05, 0) is 87.7 Å². The molecule has 5 aromatic carbocycles. The van der Waals surface area contributed by atoms with E-state index in [1.165, 1.54) is 4.68 Å². The van der Waals surface area contributed by atoms with Gasteiger partial charge in [0.15, 0.2) is 17.3 Å². The molecule has 9 heteroatoms. The molecule has 2 aromatic heterocycles. The Morgan fingerprint density at radius 3 is 2.53 bits per heavy atom. The number of rotatable bonds is 8. The summed E-state index contributed by atoms with van der Waals surface area (Å²) in [4.78, 5) is 18.5.